The molecule has 6 aromatic rings. The van der Waals surface area contributed by atoms with Crippen molar-refractivity contribution in [2.24, 2.45) is 20.0 Å². The molecule has 1 unspecified atom stereocenters. The summed E-state index contributed by atoms with van der Waals surface area (Å²) in [4.78, 5) is 46.1. The SMILES string of the molecule is O=[N+]([O-])c1ccc(-c2ccccc2)cc1C1(C2(c3ccccc3[N+](=O)[O-])N=C(c3ccccc3)C(c3ccccc3)=N2)N=CC(c2ccccc2)=N1. The minimum absolute atomic E-state index is 0.0772. The van der Waals surface area contributed by atoms with Crippen molar-refractivity contribution in [3.05, 3.63) is 212 Å². The minimum Gasteiger partial charge on any atom is -0.258 e. The van der Waals surface area contributed by atoms with Gasteiger partial charge in [-0.1, -0.05) is 133 Å². The topological polar surface area (TPSA) is 136 Å². The molecule has 6 aromatic carbocycles. The van der Waals surface area contributed by atoms with Crippen LogP contribution >= 0.6 is 0 Å². The first-order valence-electron chi connectivity index (χ1n) is 16.5. The van der Waals surface area contributed by atoms with E-state index in [4.69, 9.17) is 20.0 Å². The summed E-state index contributed by atoms with van der Waals surface area (Å²) in [5.74, 6) is 0. The van der Waals surface area contributed by atoms with Crippen LogP contribution in [0.3, 0.4) is 0 Å². The van der Waals surface area contributed by atoms with Crippen molar-refractivity contribution in [2.45, 2.75) is 11.3 Å². The summed E-state index contributed by atoms with van der Waals surface area (Å²) >= 11 is 0. The van der Waals surface area contributed by atoms with Crippen LogP contribution < -0.4 is 0 Å². The monoisotopic (exact) mass is 680 g/mol. The highest BCUT2D eigenvalue weighted by atomic mass is 16.6. The molecule has 10 nitrogen and oxygen atoms in total. The maximum atomic E-state index is 13.0. The van der Waals surface area contributed by atoms with Crippen LogP contribution in [0.15, 0.2) is 184 Å². The normalized spacial score (nSPS) is 17.3. The van der Waals surface area contributed by atoms with Gasteiger partial charge in [0.25, 0.3) is 11.4 Å². The first kappa shape index (κ1) is 32.0. The Bertz CT molecular complexity index is 2410. The number of nitrogens with zero attached hydrogens (tertiary/aromatic N) is 6. The molecule has 0 spiro atoms. The molecule has 0 saturated heterocycles. The van der Waals surface area contributed by atoms with E-state index in [9.17, 15) is 20.2 Å². The Morgan fingerprint density at radius 1 is 0.423 bits per heavy atom. The second kappa shape index (κ2) is 12.9. The Kier molecular flexibility index (Phi) is 7.96. The molecule has 0 saturated carbocycles. The quantitative estimate of drug-likeness (QED) is 0.111. The number of benzene rings is 6. The molecule has 250 valence electrons. The Balaban J connectivity index is 1.56. The smallest absolute Gasteiger partial charge is 0.258 e. The van der Waals surface area contributed by atoms with Crippen molar-refractivity contribution in [3.63, 3.8) is 0 Å². The van der Waals surface area contributed by atoms with Crippen molar-refractivity contribution in [3.8, 4) is 11.1 Å². The van der Waals surface area contributed by atoms with Crippen LogP contribution in [0.2, 0.25) is 0 Å². The zero-order chi connectivity index (χ0) is 35.7. The second-order valence-corrected chi connectivity index (χ2v) is 12.2. The van der Waals surface area contributed by atoms with E-state index in [1.807, 2.05) is 121 Å². The number of aliphatic imine (C=N–C) groups is 4. The zero-order valence-corrected chi connectivity index (χ0v) is 27.5. The van der Waals surface area contributed by atoms with Gasteiger partial charge in [-0.05, 0) is 29.3 Å². The molecule has 0 aliphatic carbocycles. The Morgan fingerprint density at radius 2 is 0.885 bits per heavy atom. The molecular formula is C42H28N6O4. The Morgan fingerprint density at radius 3 is 1.42 bits per heavy atom. The third kappa shape index (κ3) is 5.30. The highest BCUT2D eigenvalue weighted by Gasteiger charge is 2.63. The summed E-state index contributed by atoms with van der Waals surface area (Å²) in [5, 5.41) is 26.0. The van der Waals surface area contributed by atoms with Crippen LogP contribution in [0, 0.1) is 20.2 Å². The molecular weight excluding hydrogens is 652 g/mol. The van der Waals surface area contributed by atoms with Crippen LogP contribution in [0.25, 0.3) is 11.1 Å². The maximum Gasteiger partial charge on any atom is 0.277 e. The molecule has 2 aliphatic rings. The average Bonchev–Trinajstić information content (AvgIpc) is 3.84. The standard InChI is InChI=1S/C42H28N6O4/c49-47(50)37-24-14-13-23-34(37)42(45-39(31-19-9-3-10-20-31)40(46-42)32-21-11-4-12-22-32)41(43-28-36(44-41)30-17-7-2-8-18-30)35-27-33(25-26-38(35)48(51)52)29-15-5-1-6-16-29/h1-28H. The highest BCUT2D eigenvalue weighted by molar-refractivity contribution is 6.54. The molecule has 0 N–H and O–H groups in total. The molecule has 8 rings (SSSR count). The van der Waals surface area contributed by atoms with E-state index in [1.54, 1.807) is 36.5 Å². The fourth-order valence-corrected chi connectivity index (χ4v) is 6.85. The Hall–Kier alpha value is -7.20. The molecule has 0 bridgehead atoms. The van der Waals surface area contributed by atoms with E-state index in [-0.39, 0.29) is 22.5 Å². The first-order valence-corrected chi connectivity index (χ1v) is 16.5. The van der Waals surface area contributed by atoms with Gasteiger partial charge in [-0.3, -0.25) is 25.2 Å². The third-order valence-electron chi connectivity index (χ3n) is 9.23. The van der Waals surface area contributed by atoms with Crippen molar-refractivity contribution in [1.82, 2.24) is 0 Å². The molecule has 52 heavy (non-hydrogen) atoms. The van der Waals surface area contributed by atoms with Crippen LogP contribution in [0.1, 0.15) is 27.8 Å². The predicted octanol–water partition coefficient (Wildman–Crippen LogP) is 8.74. The maximum absolute atomic E-state index is 13.0. The molecule has 0 fully saturated rings. The molecule has 1 atom stereocenters. The van der Waals surface area contributed by atoms with E-state index >= 15 is 0 Å². The van der Waals surface area contributed by atoms with E-state index in [1.165, 1.54) is 12.1 Å². The summed E-state index contributed by atoms with van der Waals surface area (Å²) in [6.07, 6.45) is 1.55. The average molecular weight is 681 g/mol. The number of nitro groups is 2. The van der Waals surface area contributed by atoms with E-state index in [0.717, 1.165) is 5.56 Å². The molecule has 2 heterocycles. The van der Waals surface area contributed by atoms with Gasteiger partial charge in [0.05, 0.1) is 44.3 Å². The van der Waals surface area contributed by atoms with Gasteiger partial charge in [0.15, 0.2) is 0 Å². The van der Waals surface area contributed by atoms with Gasteiger partial charge in [0.1, 0.15) is 0 Å². The number of para-hydroxylation sites is 1. The molecule has 0 amide bonds. The molecule has 2 aliphatic heterocycles. The van der Waals surface area contributed by atoms with Crippen LogP contribution in [0.5, 0.6) is 0 Å². The van der Waals surface area contributed by atoms with Crippen LogP contribution in [0.4, 0.5) is 11.4 Å². The van der Waals surface area contributed by atoms with Gasteiger partial charge >= 0.3 is 0 Å². The van der Waals surface area contributed by atoms with Gasteiger partial charge in [-0.15, -0.1) is 0 Å². The van der Waals surface area contributed by atoms with Crippen LogP contribution in [-0.4, -0.2) is 33.2 Å². The van der Waals surface area contributed by atoms with Gasteiger partial charge in [-0.25, -0.2) is 15.0 Å². The van der Waals surface area contributed by atoms with Gasteiger partial charge in [-0.2, -0.15) is 0 Å². The first-order chi connectivity index (χ1) is 25.4. The molecule has 0 radical (unpaired) electrons. The number of hydrogen-bond acceptors (Lipinski definition) is 8. The third-order valence-corrected chi connectivity index (χ3v) is 9.23. The number of rotatable bonds is 9. The summed E-state index contributed by atoms with van der Waals surface area (Å²) in [6, 6.07) is 48.5. The van der Waals surface area contributed by atoms with E-state index in [0.29, 0.717) is 39.4 Å². The van der Waals surface area contributed by atoms with Crippen molar-refractivity contribution < 1.29 is 9.85 Å². The second-order valence-electron chi connectivity index (χ2n) is 12.2. The van der Waals surface area contributed by atoms with Gasteiger partial charge in [0.2, 0.25) is 11.3 Å². The van der Waals surface area contributed by atoms with Crippen LogP contribution in [-0.2, 0) is 11.3 Å². The highest BCUT2D eigenvalue weighted by Crippen LogP contribution is 2.57. The van der Waals surface area contributed by atoms with E-state index < -0.39 is 21.2 Å². The lowest BCUT2D eigenvalue weighted by molar-refractivity contribution is -0.387. The number of nitro benzene ring substituents is 2. The summed E-state index contributed by atoms with van der Waals surface area (Å²) in [7, 11) is 0. The minimum atomic E-state index is -2.04. The lowest BCUT2D eigenvalue weighted by atomic mass is 9.79. The number of hydrogen-bond donors (Lipinski definition) is 0. The Labute approximate surface area is 298 Å². The molecule has 0 aromatic heterocycles. The zero-order valence-electron chi connectivity index (χ0n) is 27.5. The van der Waals surface area contributed by atoms with Gasteiger partial charge in [0, 0.05) is 28.8 Å². The predicted molar refractivity (Wildman–Crippen MR) is 202 cm³/mol. The van der Waals surface area contributed by atoms with Crippen molar-refractivity contribution in [2.75, 3.05) is 0 Å². The molecule has 10 heteroatoms. The lowest BCUT2D eigenvalue weighted by Crippen LogP contribution is -2.44. The van der Waals surface area contributed by atoms with Crippen molar-refractivity contribution in [1.29, 1.82) is 0 Å². The van der Waals surface area contributed by atoms with Crippen molar-refractivity contribution >= 4 is 34.7 Å². The fraction of sp³-hybridized carbons (Fsp3) is 0.0476. The summed E-state index contributed by atoms with van der Waals surface area (Å²) < 4.78 is 0. The lowest BCUT2D eigenvalue weighted by Gasteiger charge is -2.37. The summed E-state index contributed by atoms with van der Waals surface area (Å²) in [5.41, 5.74) is 0.355. The van der Waals surface area contributed by atoms with Gasteiger partial charge < -0.3 is 0 Å². The fourth-order valence-electron chi connectivity index (χ4n) is 6.85. The largest absolute Gasteiger partial charge is 0.277 e. The summed E-state index contributed by atoms with van der Waals surface area (Å²) in [6.45, 7) is 0. The van der Waals surface area contributed by atoms with E-state index in [2.05, 4.69) is 0 Å².